The zero-order chi connectivity index (χ0) is 13.3. The summed E-state index contributed by atoms with van der Waals surface area (Å²) in [5.74, 6) is 0.678. The van der Waals surface area contributed by atoms with Crippen molar-refractivity contribution in [3.63, 3.8) is 0 Å². The molecule has 0 bridgehead atoms. The first kappa shape index (κ1) is 14.0. The molecule has 0 amide bonds. The lowest BCUT2D eigenvalue weighted by Crippen LogP contribution is -2.40. The van der Waals surface area contributed by atoms with Gasteiger partial charge < -0.3 is 10.8 Å². The molecule has 1 aliphatic carbocycles. The Morgan fingerprint density at radius 3 is 2.78 bits per heavy atom. The average Bonchev–Trinajstić information content (AvgIpc) is 2.67. The highest BCUT2D eigenvalue weighted by Gasteiger charge is 2.41. The molecule has 3 unspecified atom stereocenters. The fourth-order valence-electron chi connectivity index (χ4n) is 3.50. The maximum Gasteiger partial charge on any atom is 0.0869 e. The summed E-state index contributed by atoms with van der Waals surface area (Å²) in [6.45, 7) is 7.08. The van der Waals surface area contributed by atoms with Crippen LogP contribution < -0.4 is 5.73 Å². The summed E-state index contributed by atoms with van der Waals surface area (Å²) in [5.41, 5.74) is 7.05. The van der Waals surface area contributed by atoms with Gasteiger partial charge in [-0.1, -0.05) is 19.8 Å². The molecule has 0 saturated heterocycles. The first-order valence-electron chi connectivity index (χ1n) is 6.93. The third kappa shape index (κ3) is 2.49. The molecule has 2 nitrogen and oxygen atoms in total. The zero-order valence-electron chi connectivity index (χ0n) is 11.7. The van der Waals surface area contributed by atoms with Crippen molar-refractivity contribution in [2.45, 2.75) is 52.6 Å². The van der Waals surface area contributed by atoms with Crippen LogP contribution in [0.15, 0.2) is 6.07 Å². The van der Waals surface area contributed by atoms with Crippen LogP contribution in [-0.2, 0) is 0 Å². The van der Waals surface area contributed by atoms with E-state index in [9.17, 15) is 5.11 Å². The Hall–Kier alpha value is -0.380. The normalized spacial score (nSPS) is 30.4. The van der Waals surface area contributed by atoms with Crippen molar-refractivity contribution in [1.29, 1.82) is 0 Å². The highest BCUT2D eigenvalue weighted by molar-refractivity contribution is 7.12. The molecular weight excluding hydrogens is 242 g/mol. The van der Waals surface area contributed by atoms with Crippen molar-refractivity contribution in [2.24, 2.45) is 17.1 Å². The molecule has 3 heteroatoms. The molecule has 0 aliphatic heterocycles. The van der Waals surface area contributed by atoms with Crippen LogP contribution in [0.2, 0.25) is 0 Å². The molecule has 18 heavy (non-hydrogen) atoms. The van der Waals surface area contributed by atoms with E-state index in [4.69, 9.17) is 5.73 Å². The molecule has 1 saturated carbocycles. The van der Waals surface area contributed by atoms with Gasteiger partial charge in [-0.05, 0) is 44.2 Å². The molecule has 1 heterocycles. The molecule has 3 N–H and O–H groups in total. The van der Waals surface area contributed by atoms with Gasteiger partial charge in [0, 0.05) is 21.7 Å². The van der Waals surface area contributed by atoms with Gasteiger partial charge in [-0.15, -0.1) is 11.3 Å². The molecule has 2 rings (SSSR count). The predicted molar refractivity (Wildman–Crippen MR) is 77.9 cm³/mol. The van der Waals surface area contributed by atoms with E-state index in [2.05, 4.69) is 26.8 Å². The Balaban J connectivity index is 2.29. The Morgan fingerprint density at radius 2 is 2.28 bits per heavy atom. The molecule has 3 atom stereocenters. The standard InChI is InChI=1S/C15H25NOS/c1-10-5-4-6-15(8-10,9-16)14(17)13-7-11(2)18-12(13)3/h7,10,14,17H,4-6,8-9,16H2,1-3H3. The quantitative estimate of drug-likeness (QED) is 0.879. The lowest BCUT2D eigenvalue weighted by molar-refractivity contribution is -0.0131. The maximum atomic E-state index is 10.8. The van der Waals surface area contributed by atoms with Gasteiger partial charge in [0.15, 0.2) is 0 Å². The number of thiophene rings is 1. The number of hydrogen-bond acceptors (Lipinski definition) is 3. The Kier molecular flexibility index (Phi) is 4.15. The number of rotatable bonds is 3. The van der Waals surface area contributed by atoms with Gasteiger partial charge in [0.25, 0.3) is 0 Å². The summed E-state index contributed by atoms with van der Waals surface area (Å²) in [6, 6.07) is 2.14. The van der Waals surface area contributed by atoms with Crippen LogP contribution in [0.3, 0.4) is 0 Å². The molecule has 0 aromatic carbocycles. The summed E-state index contributed by atoms with van der Waals surface area (Å²) in [4.78, 5) is 2.52. The second kappa shape index (κ2) is 5.32. The van der Waals surface area contributed by atoms with Gasteiger partial charge in [-0.2, -0.15) is 0 Å². The molecule has 0 spiro atoms. The third-order valence-electron chi connectivity index (χ3n) is 4.49. The van der Waals surface area contributed by atoms with Crippen LogP contribution in [0.5, 0.6) is 0 Å². The van der Waals surface area contributed by atoms with Gasteiger partial charge in [-0.3, -0.25) is 0 Å². The van der Waals surface area contributed by atoms with Crippen molar-refractivity contribution in [3.05, 3.63) is 21.4 Å². The van der Waals surface area contributed by atoms with Crippen LogP contribution in [0.25, 0.3) is 0 Å². The van der Waals surface area contributed by atoms with Gasteiger partial charge in [0.05, 0.1) is 6.10 Å². The van der Waals surface area contributed by atoms with Crippen molar-refractivity contribution < 1.29 is 5.11 Å². The Labute approximate surface area is 114 Å². The lowest BCUT2D eigenvalue weighted by atomic mass is 9.65. The minimum absolute atomic E-state index is 0.101. The van der Waals surface area contributed by atoms with Crippen molar-refractivity contribution >= 4 is 11.3 Å². The fourth-order valence-corrected chi connectivity index (χ4v) is 4.46. The van der Waals surface area contributed by atoms with Crippen molar-refractivity contribution in [3.8, 4) is 0 Å². The predicted octanol–water partition coefficient (Wildman–Crippen LogP) is 3.55. The average molecular weight is 267 g/mol. The topological polar surface area (TPSA) is 46.2 Å². The molecule has 102 valence electrons. The second-order valence-corrected chi connectivity index (χ2v) is 7.50. The summed E-state index contributed by atoms with van der Waals surface area (Å²) < 4.78 is 0. The van der Waals surface area contributed by atoms with Crippen LogP contribution in [0, 0.1) is 25.2 Å². The smallest absolute Gasteiger partial charge is 0.0869 e. The molecule has 0 radical (unpaired) electrons. The zero-order valence-corrected chi connectivity index (χ0v) is 12.5. The van der Waals surface area contributed by atoms with E-state index < -0.39 is 6.10 Å². The second-order valence-electron chi connectivity index (χ2n) is 6.04. The largest absolute Gasteiger partial charge is 0.388 e. The molecule has 1 aliphatic rings. The highest BCUT2D eigenvalue weighted by Crippen LogP contribution is 2.48. The Bertz CT molecular complexity index is 415. The first-order valence-corrected chi connectivity index (χ1v) is 7.75. The van der Waals surface area contributed by atoms with Crippen LogP contribution in [0.1, 0.15) is 54.0 Å². The van der Waals surface area contributed by atoms with E-state index >= 15 is 0 Å². The lowest BCUT2D eigenvalue weighted by Gasteiger charge is -2.43. The third-order valence-corrected chi connectivity index (χ3v) is 5.47. The summed E-state index contributed by atoms with van der Waals surface area (Å²) in [7, 11) is 0. The van der Waals surface area contributed by atoms with Crippen LogP contribution in [0.4, 0.5) is 0 Å². The van der Waals surface area contributed by atoms with E-state index in [-0.39, 0.29) is 5.41 Å². The number of aliphatic hydroxyl groups excluding tert-OH is 1. The van der Waals surface area contributed by atoms with Gasteiger partial charge in [0.2, 0.25) is 0 Å². The minimum Gasteiger partial charge on any atom is -0.388 e. The monoisotopic (exact) mass is 267 g/mol. The van der Waals surface area contributed by atoms with Gasteiger partial charge >= 0.3 is 0 Å². The summed E-state index contributed by atoms with van der Waals surface area (Å²) in [6.07, 6.45) is 4.19. The van der Waals surface area contributed by atoms with E-state index in [1.165, 1.54) is 22.6 Å². The van der Waals surface area contributed by atoms with Crippen LogP contribution in [-0.4, -0.2) is 11.7 Å². The molecular formula is C15H25NOS. The van der Waals surface area contributed by atoms with Gasteiger partial charge in [-0.25, -0.2) is 0 Å². The number of aryl methyl sites for hydroxylation is 2. The van der Waals surface area contributed by atoms with E-state index in [0.717, 1.165) is 18.4 Å². The van der Waals surface area contributed by atoms with E-state index in [1.807, 2.05) is 0 Å². The first-order chi connectivity index (χ1) is 8.48. The number of nitrogens with two attached hydrogens (primary N) is 1. The molecule has 1 aromatic heterocycles. The summed E-state index contributed by atoms with van der Waals surface area (Å²) >= 11 is 1.77. The fraction of sp³-hybridized carbons (Fsp3) is 0.733. The van der Waals surface area contributed by atoms with Crippen LogP contribution >= 0.6 is 11.3 Å². The van der Waals surface area contributed by atoms with Crippen molar-refractivity contribution in [1.82, 2.24) is 0 Å². The SMILES string of the molecule is Cc1cc(C(O)C2(CN)CCCC(C)C2)c(C)s1. The maximum absolute atomic E-state index is 10.8. The highest BCUT2D eigenvalue weighted by atomic mass is 32.1. The molecule has 1 fully saturated rings. The van der Waals surface area contributed by atoms with E-state index in [1.54, 1.807) is 11.3 Å². The van der Waals surface area contributed by atoms with E-state index in [0.29, 0.717) is 12.5 Å². The Morgan fingerprint density at radius 1 is 1.56 bits per heavy atom. The summed E-state index contributed by atoms with van der Waals surface area (Å²) in [5, 5.41) is 10.8. The van der Waals surface area contributed by atoms with Crippen molar-refractivity contribution in [2.75, 3.05) is 6.54 Å². The number of hydrogen-bond donors (Lipinski definition) is 2. The molecule has 1 aromatic rings. The van der Waals surface area contributed by atoms with Gasteiger partial charge in [0.1, 0.15) is 0 Å². The number of aliphatic hydroxyl groups is 1. The minimum atomic E-state index is -0.393.